The first-order valence-corrected chi connectivity index (χ1v) is 13.5. The fraction of sp³-hybridized carbons (Fsp3) is 0.312. The molecule has 3 fully saturated rings. The van der Waals surface area contributed by atoms with Crippen molar-refractivity contribution in [3.05, 3.63) is 71.9 Å². The van der Waals surface area contributed by atoms with Crippen molar-refractivity contribution in [2.24, 2.45) is 11.8 Å². The Morgan fingerprint density at radius 1 is 1.02 bits per heavy atom. The number of imide groups is 1. The molecule has 4 heterocycles. The third-order valence-corrected chi connectivity index (χ3v) is 9.08. The number of amides is 2. The fourth-order valence-corrected chi connectivity index (χ4v) is 7.24. The third-order valence-electron chi connectivity index (χ3n) is 9.08. The summed E-state index contributed by atoms with van der Waals surface area (Å²) in [5.74, 6) is -0.961. The quantitative estimate of drug-likeness (QED) is 0.344. The molecular formula is C32H26N4O4. The Bertz CT molecular complexity index is 1810. The molecule has 8 nitrogen and oxygen atoms in total. The number of hydrogen-bond donors (Lipinski definition) is 1. The lowest BCUT2D eigenvalue weighted by molar-refractivity contribution is -0.131. The number of rotatable bonds is 6. The first kappa shape index (κ1) is 24.4. The van der Waals surface area contributed by atoms with Gasteiger partial charge in [-0.1, -0.05) is 24.3 Å². The van der Waals surface area contributed by atoms with Crippen molar-refractivity contribution in [2.45, 2.75) is 43.8 Å². The van der Waals surface area contributed by atoms with E-state index in [0.29, 0.717) is 60.1 Å². The lowest BCUT2D eigenvalue weighted by atomic mass is 9.67. The molecule has 1 N–H and O–H groups in total. The van der Waals surface area contributed by atoms with Gasteiger partial charge < -0.3 is 14.5 Å². The van der Waals surface area contributed by atoms with Crippen LogP contribution in [0.4, 0.5) is 5.69 Å². The topological polar surface area (TPSA) is 119 Å². The summed E-state index contributed by atoms with van der Waals surface area (Å²) in [4.78, 5) is 32.5. The van der Waals surface area contributed by atoms with E-state index >= 15 is 0 Å². The smallest absolute Gasteiger partial charge is 0.240 e. The van der Waals surface area contributed by atoms with Crippen LogP contribution in [0, 0.1) is 34.5 Å². The zero-order valence-electron chi connectivity index (χ0n) is 21.9. The molecule has 7 rings (SSSR count). The molecule has 8 heteroatoms. The molecule has 3 saturated heterocycles. The Kier molecular flexibility index (Phi) is 5.29. The van der Waals surface area contributed by atoms with Crippen molar-refractivity contribution in [3.63, 3.8) is 0 Å². The molecule has 0 saturated carbocycles. The molecule has 2 amide bonds. The lowest BCUT2D eigenvalue weighted by Gasteiger charge is -2.31. The van der Waals surface area contributed by atoms with Crippen molar-refractivity contribution in [2.75, 3.05) is 11.5 Å². The van der Waals surface area contributed by atoms with Crippen LogP contribution >= 0.6 is 0 Å². The minimum Gasteiger partial charge on any atom is -0.493 e. The van der Waals surface area contributed by atoms with Gasteiger partial charge in [0, 0.05) is 34.3 Å². The van der Waals surface area contributed by atoms with Crippen molar-refractivity contribution in [1.29, 1.82) is 10.5 Å². The molecule has 0 radical (unpaired) electrons. The average Bonchev–Trinajstić information content (AvgIpc) is 3.67. The second kappa shape index (κ2) is 8.67. The molecule has 2 bridgehead atoms. The van der Waals surface area contributed by atoms with Gasteiger partial charge in [0.25, 0.3) is 0 Å². The molecule has 4 atom stereocenters. The molecule has 3 aliphatic heterocycles. The Labute approximate surface area is 230 Å². The largest absolute Gasteiger partial charge is 0.493 e. The number of ether oxygens (including phenoxy) is 2. The van der Waals surface area contributed by atoms with Crippen LogP contribution in [0.25, 0.3) is 21.7 Å². The van der Waals surface area contributed by atoms with E-state index < -0.39 is 23.0 Å². The average molecular weight is 531 g/mol. The number of nitrogens with one attached hydrogen (secondary N) is 1. The SMILES string of the molecule is C[C@]12CC[C@](CCOc3ccc4[nH]cc(CC#N)c4c3)(O1)[C@@H]1C(=O)N(c3ccc(C#N)c4ccccc34)C(=O)[C@@H]12. The monoisotopic (exact) mass is 530 g/mol. The fourth-order valence-electron chi connectivity index (χ4n) is 7.24. The zero-order chi connectivity index (χ0) is 27.6. The van der Waals surface area contributed by atoms with Gasteiger partial charge in [0.2, 0.25) is 11.8 Å². The van der Waals surface area contributed by atoms with Gasteiger partial charge in [0.05, 0.1) is 59.5 Å². The number of aromatic nitrogens is 1. The van der Waals surface area contributed by atoms with E-state index in [1.165, 1.54) is 4.90 Å². The number of hydrogen-bond acceptors (Lipinski definition) is 6. The number of anilines is 1. The van der Waals surface area contributed by atoms with Gasteiger partial charge >= 0.3 is 0 Å². The summed E-state index contributed by atoms with van der Waals surface area (Å²) in [6, 6.07) is 20.9. The van der Waals surface area contributed by atoms with Crippen molar-refractivity contribution in [3.8, 4) is 17.9 Å². The second-order valence-electron chi connectivity index (χ2n) is 11.2. The van der Waals surface area contributed by atoms with E-state index in [1.54, 1.807) is 12.1 Å². The van der Waals surface area contributed by atoms with Crippen LogP contribution in [0.2, 0.25) is 0 Å². The highest BCUT2D eigenvalue weighted by atomic mass is 16.5. The number of H-pyrrole nitrogens is 1. The van der Waals surface area contributed by atoms with Crippen LogP contribution in [-0.2, 0) is 20.7 Å². The number of carbonyl (C=O) groups excluding carboxylic acids is 2. The van der Waals surface area contributed by atoms with E-state index in [2.05, 4.69) is 17.1 Å². The van der Waals surface area contributed by atoms with Crippen LogP contribution < -0.4 is 9.64 Å². The van der Waals surface area contributed by atoms with Crippen molar-refractivity contribution >= 4 is 39.2 Å². The zero-order valence-corrected chi connectivity index (χ0v) is 21.9. The molecular weight excluding hydrogens is 504 g/mol. The highest BCUT2D eigenvalue weighted by Gasteiger charge is 2.73. The second-order valence-corrected chi connectivity index (χ2v) is 11.2. The van der Waals surface area contributed by atoms with Gasteiger partial charge in [0.1, 0.15) is 5.75 Å². The number of aromatic amines is 1. The van der Waals surface area contributed by atoms with Crippen molar-refractivity contribution < 1.29 is 19.1 Å². The van der Waals surface area contributed by atoms with Crippen LogP contribution in [0.1, 0.15) is 37.3 Å². The van der Waals surface area contributed by atoms with E-state index in [0.717, 1.165) is 16.5 Å². The Morgan fingerprint density at radius 3 is 2.62 bits per heavy atom. The highest BCUT2D eigenvalue weighted by Crippen LogP contribution is 2.62. The van der Waals surface area contributed by atoms with Gasteiger partial charge in [-0.15, -0.1) is 0 Å². The molecule has 0 spiro atoms. The predicted molar refractivity (Wildman–Crippen MR) is 147 cm³/mol. The molecule has 4 aromatic rings. The maximum atomic E-state index is 14.1. The first-order chi connectivity index (χ1) is 19.4. The van der Waals surface area contributed by atoms with E-state index in [-0.39, 0.29) is 11.8 Å². The molecule has 1 aromatic heterocycles. The lowest BCUT2D eigenvalue weighted by Crippen LogP contribution is -2.43. The summed E-state index contributed by atoms with van der Waals surface area (Å²) < 4.78 is 12.7. The van der Waals surface area contributed by atoms with Crippen LogP contribution in [0.5, 0.6) is 5.75 Å². The van der Waals surface area contributed by atoms with Crippen LogP contribution in [0.15, 0.2) is 60.8 Å². The number of nitrogens with zero attached hydrogens (tertiary/aromatic N) is 3. The van der Waals surface area contributed by atoms with Gasteiger partial charge in [-0.25, -0.2) is 4.90 Å². The van der Waals surface area contributed by atoms with Gasteiger partial charge in [-0.2, -0.15) is 10.5 Å². The molecule has 40 heavy (non-hydrogen) atoms. The van der Waals surface area contributed by atoms with Crippen LogP contribution in [-0.4, -0.2) is 34.6 Å². The summed E-state index contributed by atoms with van der Waals surface area (Å²) >= 11 is 0. The molecule has 3 aliphatic rings. The number of fused-ring (bicyclic) bond motifs is 7. The normalized spacial score (nSPS) is 26.8. The van der Waals surface area contributed by atoms with Gasteiger partial charge in [-0.3, -0.25) is 9.59 Å². The highest BCUT2D eigenvalue weighted by molar-refractivity contribution is 6.26. The summed E-state index contributed by atoms with van der Waals surface area (Å²) in [7, 11) is 0. The number of benzene rings is 3. The minimum atomic E-state index is -0.784. The maximum Gasteiger partial charge on any atom is 0.240 e. The Balaban J connectivity index is 1.17. The third kappa shape index (κ3) is 3.33. The van der Waals surface area contributed by atoms with E-state index in [4.69, 9.17) is 14.7 Å². The van der Waals surface area contributed by atoms with E-state index in [9.17, 15) is 14.9 Å². The van der Waals surface area contributed by atoms with E-state index in [1.807, 2.05) is 55.6 Å². The molecule has 3 aromatic carbocycles. The van der Waals surface area contributed by atoms with Gasteiger partial charge in [-0.05, 0) is 55.7 Å². The molecule has 0 aliphatic carbocycles. The summed E-state index contributed by atoms with van der Waals surface area (Å²) in [5, 5.41) is 21.1. The number of carbonyl (C=O) groups is 2. The number of nitriles is 2. The summed E-state index contributed by atoms with van der Waals surface area (Å²) in [6.45, 7) is 2.27. The van der Waals surface area contributed by atoms with Crippen LogP contribution in [0.3, 0.4) is 0 Å². The maximum absolute atomic E-state index is 14.1. The molecule has 198 valence electrons. The minimum absolute atomic E-state index is 0.238. The van der Waals surface area contributed by atoms with Crippen molar-refractivity contribution in [1.82, 2.24) is 4.98 Å². The first-order valence-electron chi connectivity index (χ1n) is 13.5. The Hall–Kier alpha value is -4.66. The van der Waals surface area contributed by atoms with Gasteiger partial charge in [0.15, 0.2) is 0 Å². The summed E-state index contributed by atoms with van der Waals surface area (Å²) in [5.41, 5.74) is 1.37. The Morgan fingerprint density at radius 2 is 1.82 bits per heavy atom. The standard InChI is InChI=1S/C32H26N4O4/c1-31-11-12-32(40-31,13-15-39-21-7-8-25-24(16-21)20(10-14-33)18-35-25)28-27(31)29(37)36(30(28)38)26-9-6-19(17-34)22-4-2-3-5-23(22)26/h2-9,16,18,27-28,35H,10-13,15H2,1H3/t27-,28+,31-,32-/m1/s1. The molecule has 0 unspecified atom stereocenters. The summed E-state index contributed by atoms with van der Waals surface area (Å²) in [6.07, 6.45) is 4.00. The predicted octanol–water partition coefficient (Wildman–Crippen LogP) is 5.16.